The zero-order valence-electron chi connectivity index (χ0n) is 14.8. The minimum absolute atomic E-state index is 0.197. The molecule has 1 aliphatic rings. The van der Waals surface area contributed by atoms with Crippen LogP contribution in [0.4, 0.5) is 10.5 Å². The number of nitrogens with two attached hydrogens (primary N) is 1. The zero-order chi connectivity index (χ0) is 20.2. The molecule has 2 aromatic heterocycles. The summed E-state index contributed by atoms with van der Waals surface area (Å²) in [7, 11) is 0. The maximum Gasteiger partial charge on any atom is 0.511 e. The summed E-state index contributed by atoms with van der Waals surface area (Å²) in [5.74, 6) is 0.0666. The van der Waals surface area contributed by atoms with Gasteiger partial charge in [0.25, 0.3) is 5.56 Å². The van der Waals surface area contributed by atoms with Gasteiger partial charge in [0.1, 0.15) is 0 Å². The van der Waals surface area contributed by atoms with E-state index in [1.54, 1.807) is 30.5 Å². The van der Waals surface area contributed by atoms with Gasteiger partial charge in [-0.3, -0.25) is 9.20 Å². The Labute approximate surface area is 170 Å². The van der Waals surface area contributed by atoms with Gasteiger partial charge in [0.15, 0.2) is 5.75 Å². The quantitative estimate of drug-likeness (QED) is 0.455. The highest BCUT2D eigenvalue weighted by molar-refractivity contribution is 6.39. The summed E-state index contributed by atoms with van der Waals surface area (Å²) in [5, 5.41) is 9.63. The number of carboxylic acid groups (broad SMARTS) is 1. The van der Waals surface area contributed by atoms with Crippen molar-refractivity contribution in [1.29, 1.82) is 0 Å². The molecule has 3 aromatic rings. The molecule has 0 bridgehead atoms. The van der Waals surface area contributed by atoms with Gasteiger partial charge in [-0.25, -0.2) is 4.79 Å². The van der Waals surface area contributed by atoms with Crippen LogP contribution in [0.5, 0.6) is 5.75 Å². The van der Waals surface area contributed by atoms with Crippen LogP contribution in [0.25, 0.3) is 16.6 Å². The van der Waals surface area contributed by atoms with Gasteiger partial charge in [-0.1, -0.05) is 23.2 Å². The van der Waals surface area contributed by atoms with Gasteiger partial charge in [-0.2, -0.15) is 0 Å². The van der Waals surface area contributed by atoms with E-state index in [1.807, 2.05) is 6.92 Å². The van der Waals surface area contributed by atoms with Crippen LogP contribution in [0.15, 0.2) is 35.3 Å². The first-order chi connectivity index (χ1) is 13.3. The fourth-order valence-corrected chi connectivity index (χ4v) is 3.98. The van der Waals surface area contributed by atoms with E-state index in [0.29, 0.717) is 15.7 Å². The third-order valence-electron chi connectivity index (χ3n) is 4.98. The summed E-state index contributed by atoms with van der Waals surface area (Å²) in [6.07, 6.45) is 2.05. The van der Waals surface area contributed by atoms with Crippen LogP contribution in [0.2, 0.25) is 10.0 Å². The van der Waals surface area contributed by atoms with Crippen molar-refractivity contribution < 1.29 is 14.6 Å². The average molecular weight is 419 g/mol. The summed E-state index contributed by atoms with van der Waals surface area (Å²) >= 11 is 12.4. The van der Waals surface area contributed by atoms with Gasteiger partial charge in [0.05, 0.1) is 21.2 Å². The average Bonchev–Trinajstić information content (AvgIpc) is 3.46. The van der Waals surface area contributed by atoms with Crippen LogP contribution >= 0.6 is 23.2 Å². The maximum atomic E-state index is 12.7. The Morgan fingerprint density at radius 1 is 1.25 bits per heavy atom. The smallest absolute Gasteiger partial charge is 0.449 e. The van der Waals surface area contributed by atoms with Crippen LogP contribution in [0, 0.1) is 6.92 Å². The Kier molecular flexibility index (Phi) is 4.48. The van der Waals surface area contributed by atoms with Crippen LogP contribution in [-0.2, 0) is 0 Å². The number of hydrogen-bond acceptors (Lipinski definition) is 4. The fraction of sp³-hybridized carbons (Fsp3) is 0.200. The maximum absolute atomic E-state index is 12.7. The predicted octanol–water partition coefficient (Wildman–Crippen LogP) is 5.10. The van der Waals surface area contributed by atoms with Crippen molar-refractivity contribution >= 4 is 40.6 Å². The Morgan fingerprint density at radius 2 is 1.89 bits per heavy atom. The number of benzene rings is 1. The Morgan fingerprint density at radius 3 is 2.46 bits per heavy atom. The predicted molar refractivity (Wildman–Crippen MR) is 109 cm³/mol. The second-order valence-electron chi connectivity index (χ2n) is 6.84. The molecule has 1 aliphatic carbocycles. The molecule has 4 rings (SSSR count). The molecule has 0 unspecified atom stereocenters. The molecule has 28 heavy (non-hydrogen) atoms. The summed E-state index contributed by atoms with van der Waals surface area (Å²) < 4.78 is 6.14. The number of nitrogens with zero attached hydrogens (tertiary/aromatic N) is 1. The summed E-state index contributed by atoms with van der Waals surface area (Å²) in [4.78, 5) is 23.7. The molecule has 3 N–H and O–H groups in total. The molecule has 2 heterocycles. The Hall–Kier alpha value is -2.70. The van der Waals surface area contributed by atoms with E-state index in [0.717, 1.165) is 40.6 Å². The standard InChI is InChI=1S/C20H16Cl2N2O4/c1-9-12(11-6-14(21)17(23)15(22)7-11)4-5-24-18(9)13(10-2-3-10)8-16(19(24)25)28-20(26)27/h4-8,10H,2-3,23H2,1H3,(H,26,27). The number of fused-ring (bicyclic) bond motifs is 1. The van der Waals surface area contributed by atoms with Crippen LogP contribution in [0.3, 0.4) is 0 Å². The molecule has 0 amide bonds. The van der Waals surface area contributed by atoms with E-state index < -0.39 is 11.7 Å². The molecule has 8 heteroatoms. The van der Waals surface area contributed by atoms with Crippen LogP contribution in [0.1, 0.15) is 29.9 Å². The topological polar surface area (TPSA) is 94.0 Å². The van der Waals surface area contributed by atoms with Crippen molar-refractivity contribution in [3.8, 4) is 16.9 Å². The van der Waals surface area contributed by atoms with E-state index >= 15 is 0 Å². The molecule has 6 nitrogen and oxygen atoms in total. The summed E-state index contributed by atoms with van der Waals surface area (Å²) in [6, 6.07) is 6.78. The number of carbonyl (C=O) groups is 1. The van der Waals surface area contributed by atoms with E-state index in [1.165, 1.54) is 4.40 Å². The number of pyridine rings is 2. The molecule has 0 aliphatic heterocycles. The number of nitrogen functional groups attached to an aromatic ring is 1. The van der Waals surface area contributed by atoms with Gasteiger partial charge in [0, 0.05) is 6.20 Å². The van der Waals surface area contributed by atoms with Crippen molar-refractivity contribution in [2.45, 2.75) is 25.7 Å². The van der Waals surface area contributed by atoms with E-state index in [2.05, 4.69) is 0 Å². The highest BCUT2D eigenvalue weighted by Crippen LogP contribution is 2.44. The van der Waals surface area contributed by atoms with Gasteiger partial charge < -0.3 is 15.6 Å². The summed E-state index contributed by atoms with van der Waals surface area (Å²) in [6.45, 7) is 1.91. The van der Waals surface area contributed by atoms with Crippen molar-refractivity contribution in [2.75, 3.05) is 5.73 Å². The van der Waals surface area contributed by atoms with E-state index in [9.17, 15) is 9.59 Å². The minimum atomic E-state index is -1.52. The van der Waals surface area contributed by atoms with Gasteiger partial charge in [0.2, 0.25) is 0 Å². The van der Waals surface area contributed by atoms with Gasteiger partial charge >= 0.3 is 6.16 Å². The lowest BCUT2D eigenvalue weighted by atomic mass is 9.97. The molecule has 0 radical (unpaired) electrons. The molecule has 0 atom stereocenters. The first kappa shape index (κ1) is 18.7. The molecule has 1 saturated carbocycles. The largest absolute Gasteiger partial charge is 0.511 e. The fourth-order valence-electron chi connectivity index (χ4n) is 3.50. The molecule has 144 valence electrons. The second kappa shape index (κ2) is 6.72. The minimum Gasteiger partial charge on any atom is -0.449 e. The van der Waals surface area contributed by atoms with Crippen LogP contribution < -0.4 is 16.0 Å². The van der Waals surface area contributed by atoms with Gasteiger partial charge in [-0.15, -0.1) is 0 Å². The molecule has 1 aromatic carbocycles. The van der Waals surface area contributed by atoms with Gasteiger partial charge in [-0.05, 0) is 72.2 Å². The lowest BCUT2D eigenvalue weighted by Crippen LogP contribution is -2.20. The number of aryl methyl sites for hydroxylation is 1. The van der Waals surface area contributed by atoms with Crippen molar-refractivity contribution in [3.63, 3.8) is 0 Å². The SMILES string of the molecule is Cc1c(-c2cc(Cl)c(N)c(Cl)c2)ccn2c(=O)c(OC(=O)O)cc(C3CC3)c12. The van der Waals surface area contributed by atoms with Crippen molar-refractivity contribution in [2.24, 2.45) is 0 Å². The number of anilines is 1. The number of ether oxygens (including phenoxy) is 1. The highest BCUT2D eigenvalue weighted by atomic mass is 35.5. The lowest BCUT2D eigenvalue weighted by molar-refractivity contribution is 0.143. The lowest BCUT2D eigenvalue weighted by Gasteiger charge is -2.16. The number of halogens is 2. The van der Waals surface area contributed by atoms with E-state index in [-0.39, 0.29) is 11.7 Å². The number of aromatic nitrogens is 1. The number of rotatable bonds is 3. The van der Waals surface area contributed by atoms with Crippen molar-refractivity contribution in [3.05, 3.63) is 62.0 Å². The van der Waals surface area contributed by atoms with Crippen molar-refractivity contribution in [1.82, 2.24) is 4.40 Å². The van der Waals surface area contributed by atoms with E-state index in [4.69, 9.17) is 38.8 Å². The molecule has 0 spiro atoms. The first-order valence-electron chi connectivity index (χ1n) is 8.62. The zero-order valence-corrected chi connectivity index (χ0v) is 16.3. The normalized spacial score (nSPS) is 13.7. The molecular formula is C20H16Cl2N2O4. The molecular weight excluding hydrogens is 403 g/mol. The third-order valence-corrected chi connectivity index (χ3v) is 5.61. The summed E-state index contributed by atoms with van der Waals surface area (Å²) in [5.41, 5.74) is 9.76. The third kappa shape index (κ3) is 3.08. The Bertz CT molecular complexity index is 1180. The first-order valence-corrected chi connectivity index (χ1v) is 9.38. The second-order valence-corrected chi connectivity index (χ2v) is 7.65. The molecule has 1 fully saturated rings. The molecule has 0 saturated heterocycles. The monoisotopic (exact) mass is 418 g/mol. The highest BCUT2D eigenvalue weighted by Gasteiger charge is 2.29. The Balaban J connectivity index is 2.00. The van der Waals surface area contributed by atoms with Crippen LogP contribution in [-0.4, -0.2) is 15.7 Å². The number of hydrogen-bond donors (Lipinski definition) is 2.